The number of rotatable bonds is 6. The summed E-state index contributed by atoms with van der Waals surface area (Å²) in [4.78, 5) is 2.40. The summed E-state index contributed by atoms with van der Waals surface area (Å²) in [5.41, 5.74) is 0. The molecule has 1 aliphatic carbocycles. The Morgan fingerprint density at radius 1 is 1.36 bits per heavy atom. The van der Waals surface area contributed by atoms with E-state index in [0.29, 0.717) is 5.92 Å². The summed E-state index contributed by atoms with van der Waals surface area (Å²) in [6, 6.07) is 0. The van der Waals surface area contributed by atoms with Crippen LogP contribution >= 0.6 is 0 Å². The molecule has 0 aromatic rings. The van der Waals surface area contributed by atoms with E-state index in [1.165, 1.54) is 25.8 Å². The number of aliphatic hydroxyl groups is 1. The van der Waals surface area contributed by atoms with Gasteiger partial charge in [-0.1, -0.05) is 27.2 Å². The predicted molar refractivity (Wildman–Crippen MR) is 60.3 cm³/mol. The fourth-order valence-electron chi connectivity index (χ4n) is 1.85. The van der Waals surface area contributed by atoms with Crippen LogP contribution < -0.4 is 0 Å². The Morgan fingerprint density at radius 3 is 2.36 bits per heavy atom. The number of hydrogen-bond acceptors (Lipinski definition) is 2. The van der Waals surface area contributed by atoms with Gasteiger partial charge in [-0.3, -0.25) is 0 Å². The van der Waals surface area contributed by atoms with Gasteiger partial charge < -0.3 is 10.0 Å². The zero-order valence-electron chi connectivity index (χ0n) is 9.87. The van der Waals surface area contributed by atoms with Crippen molar-refractivity contribution in [2.75, 3.05) is 19.6 Å². The Bertz CT molecular complexity index is 154. The van der Waals surface area contributed by atoms with Crippen LogP contribution in [0.4, 0.5) is 0 Å². The topological polar surface area (TPSA) is 23.5 Å². The Kier molecular flexibility index (Phi) is 4.90. The minimum atomic E-state index is -0.157. The molecule has 0 saturated heterocycles. The molecule has 0 heterocycles. The molecule has 1 saturated carbocycles. The summed E-state index contributed by atoms with van der Waals surface area (Å²) in [5.74, 6) is 1.29. The van der Waals surface area contributed by atoms with Crippen LogP contribution in [0.3, 0.4) is 0 Å². The Morgan fingerprint density at radius 2 is 2.00 bits per heavy atom. The number of nitrogens with zero attached hydrogens (tertiary/aromatic N) is 1. The second-order valence-corrected chi connectivity index (χ2v) is 4.96. The first kappa shape index (κ1) is 12.0. The van der Waals surface area contributed by atoms with Gasteiger partial charge in [-0.2, -0.15) is 0 Å². The monoisotopic (exact) mass is 199 g/mol. The second-order valence-electron chi connectivity index (χ2n) is 4.96. The van der Waals surface area contributed by atoms with E-state index in [9.17, 15) is 5.11 Å². The van der Waals surface area contributed by atoms with Crippen molar-refractivity contribution in [2.45, 2.75) is 46.1 Å². The highest BCUT2D eigenvalue weighted by atomic mass is 16.3. The quantitative estimate of drug-likeness (QED) is 0.708. The van der Waals surface area contributed by atoms with Crippen LogP contribution in [0.5, 0.6) is 0 Å². The summed E-state index contributed by atoms with van der Waals surface area (Å²) in [7, 11) is 0. The highest BCUT2D eigenvalue weighted by Gasteiger charge is 2.21. The normalized spacial score (nSPS) is 20.1. The summed E-state index contributed by atoms with van der Waals surface area (Å²) in [5, 5.41) is 9.79. The zero-order chi connectivity index (χ0) is 10.6. The maximum absolute atomic E-state index is 9.79. The van der Waals surface area contributed by atoms with E-state index in [4.69, 9.17) is 0 Å². The number of aliphatic hydroxyl groups excluding tert-OH is 1. The van der Waals surface area contributed by atoms with Gasteiger partial charge in [0.1, 0.15) is 0 Å². The standard InChI is InChI=1S/C12H25NO/c1-4-13(8-11-6-5-7-11)9-12(14)10(2)3/h10-12,14H,4-9H2,1-3H3. The lowest BCUT2D eigenvalue weighted by molar-refractivity contribution is 0.0644. The molecule has 0 aliphatic heterocycles. The molecule has 1 unspecified atom stereocenters. The van der Waals surface area contributed by atoms with Crippen molar-refractivity contribution in [2.24, 2.45) is 11.8 Å². The molecule has 1 N–H and O–H groups in total. The molecule has 0 bridgehead atoms. The lowest BCUT2D eigenvalue weighted by atomic mass is 9.85. The van der Waals surface area contributed by atoms with Crippen molar-refractivity contribution in [3.63, 3.8) is 0 Å². The molecule has 1 aliphatic rings. The van der Waals surface area contributed by atoms with Crippen molar-refractivity contribution in [3.05, 3.63) is 0 Å². The molecule has 0 aromatic heterocycles. The molecular weight excluding hydrogens is 174 g/mol. The third kappa shape index (κ3) is 3.58. The molecule has 0 radical (unpaired) electrons. The van der Waals surface area contributed by atoms with Crippen LogP contribution in [0.2, 0.25) is 0 Å². The van der Waals surface area contributed by atoms with Gasteiger partial charge in [0.05, 0.1) is 6.10 Å². The molecule has 1 fully saturated rings. The smallest absolute Gasteiger partial charge is 0.0689 e. The average Bonchev–Trinajstić information content (AvgIpc) is 2.08. The van der Waals surface area contributed by atoms with Crippen molar-refractivity contribution >= 4 is 0 Å². The average molecular weight is 199 g/mol. The third-order valence-corrected chi connectivity index (χ3v) is 3.40. The Hall–Kier alpha value is -0.0800. The van der Waals surface area contributed by atoms with Crippen LogP contribution in [0.15, 0.2) is 0 Å². The van der Waals surface area contributed by atoms with Gasteiger partial charge in [0, 0.05) is 13.1 Å². The molecule has 1 atom stereocenters. The molecule has 0 aromatic carbocycles. The van der Waals surface area contributed by atoms with Gasteiger partial charge in [0.25, 0.3) is 0 Å². The summed E-state index contributed by atoms with van der Waals surface area (Å²) in [6.45, 7) is 9.47. The highest BCUT2D eigenvalue weighted by Crippen LogP contribution is 2.27. The number of hydrogen-bond donors (Lipinski definition) is 1. The number of likely N-dealkylation sites (N-methyl/N-ethyl adjacent to an activating group) is 1. The van der Waals surface area contributed by atoms with E-state index in [2.05, 4.69) is 25.7 Å². The van der Waals surface area contributed by atoms with Gasteiger partial charge in [-0.25, -0.2) is 0 Å². The van der Waals surface area contributed by atoms with E-state index in [1.54, 1.807) is 0 Å². The van der Waals surface area contributed by atoms with Crippen molar-refractivity contribution in [1.29, 1.82) is 0 Å². The fourth-order valence-corrected chi connectivity index (χ4v) is 1.85. The maximum atomic E-state index is 9.79. The van der Waals surface area contributed by atoms with Crippen molar-refractivity contribution in [3.8, 4) is 0 Å². The second kappa shape index (κ2) is 5.72. The first-order valence-corrected chi connectivity index (χ1v) is 6.04. The van der Waals surface area contributed by atoms with Gasteiger partial charge in [-0.15, -0.1) is 0 Å². The van der Waals surface area contributed by atoms with Crippen LogP contribution in [0.25, 0.3) is 0 Å². The Labute approximate surface area is 88.3 Å². The predicted octanol–water partition coefficient (Wildman–Crippen LogP) is 2.13. The van der Waals surface area contributed by atoms with Crippen LogP contribution in [0, 0.1) is 11.8 Å². The van der Waals surface area contributed by atoms with E-state index < -0.39 is 0 Å². The first-order valence-electron chi connectivity index (χ1n) is 6.04. The largest absolute Gasteiger partial charge is 0.392 e. The van der Waals surface area contributed by atoms with Gasteiger partial charge in [0.15, 0.2) is 0 Å². The van der Waals surface area contributed by atoms with Crippen LogP contribution in [-0.4, -0.2) is 35.7 Å². The molecule has 2 heteroatoms. The Balaban J connectivity index is 2.22. The van der Waals surface area contributed by atoms with E-state index in [0.717, 1.165) is 19.0 Å². The van der Waals surface area contributed by atoms with E-state index >= 15 is 0 Å². The summed E-state index contributed by atoms with van der Waals surface area (Å²) in [6.07, 6.45) is 4.05. The van der Waals surface area contributed by atoms with Gasteiger partial charge in [0.2, 0.25) is 0 Å². The van der Waals surface area contributed by atoms with E-state index in [-0.39, 0.29) is 6.10 Å². The molecular formula is C12H25NO. The SMILES string of the molecule is CCN(CC1CCC1)CC(O)C(C)C. The summed E-state index contributed by atoms with van der Waals surface area (Å²) < 4.78 is 0. The molecule has 0 amide bonds. The highest BCUT2D eigenvalue weighted by molar-refractivity contribution is 4.75. The van der Waals surface area contributed by atoms with Crippen molar-refractivity contribution < 1.29 is 5.11 Å². The third-order valence-electron chi connectivity index (χ3n) is 3.40. The van der Waals surface area contributed by atoms with Crippen LogP contribution in [-0.2, 0) is 0 Å². The molecule has 1 rings (SSSR count). The molecule has 0 spiro atoms. The van der Waals surface area contributed by atoms with Gasteiger partial charge >= 0.3 is 0 Å². The minimum absolute atomic E-state index is 0.157. The van der Waals surface area contributed by atoms with Crippen LogP contribution in [0.1, 0.15) is 40.0 Å². The first-order chi connectivity index (χ1) is 6.63. The van der Waals surface area contributed by atoms with E-state index in [1.807, 2.05) is 0 Å². The fraction of sp³-hybridized carbons (Fsp3) is 1.00. The summed E-state index contributed by atoms with van der Waals surface area (Å²) >= 11 is 0. The molecule has 14 heavy (non-hydrogen) atoms. The minimum Gasteiger partial charge on any atom is -0.392 e. The van der Waals surface area contributed by atoms with Gasteiger partial charge in [-0.05, 0) is 31.2 Å². The lowest BCUT2D eigenvalue weighted by Crippen LogP contribution is -2.39. The van der Waals surface area contributed by atoms with Crippen molar-refractivity contribution in [1.82, 2.24) is 4.90 Å². The maximum Gasteiger partial charge on any atom is 0.0689 e. The molecule has 84 valence electrons. The zero-order valence-corrected chi connectivity index (χ0v) is 9.87. The molecule has 2 nitrogen and oxygen atoms in total. The lowest BCUT2D eigenvalue weighted by Gasteiger charge is -2.33.